The van der Waals surface area contributed by atoms with Crippen molar-refractivity contribution in [3.63, 3.8) is 0 Å². The SMILES string of the molecule is COc1cc(C)c(Cl)cc1-c1c(C#N)ncn1C. The molecule has 1 aromatic heterocycles. The molecule has 1 heterocycles. The first kappa shape index (κ1) is 12.5. The van der Waals surface area contributed by atoms with Gasteiger partial charge in [0.05, 0.1) is 19.1 Å². The Balaban J connectivity index is 2.74. The number of hydrogen-bond acceptors (Lipinski definition) is 3. The van der Waals surface area contributed by atoms with E-state index in [0.29, 0.717) is 22.2 Å². The quantitative estimate of drug-likeness (QED) is 0.835. The molecule has 4 nitrogen and oxygen atoms in total. The fraction of sp³-hybridized carbons (Fsp3) is 0.231. The number of rotatable bonds is 2. The molecule has 1 aromatic carbocycles. The first-order valence-electron chi connectivity index (χ1n) is 5.34. The van der Waals surface area contributed by atoms with E-state index in [0.717, 1.165) is 11.1 Å². The molecule has 2 rings (SSSR count). The number of halogens is 1. The third-order valence-electron chi connectivity index (χ3n) is 2.78. The van der Waals surface area contributed by atoms with Gasteiger partial charge in [0.2, 0.25) is 0 Å². The minimum atomic E-state index is 0.357. The highest BCUT2D eigenvalue weighted by Gasteiger charge is 2.16. The van der Waals surface area contributed by atoms with E-state index in [9.17, 15) is 0 Å². The highest BCUT2D eigenvalue weighted by Crippen LogP contribution is 2.35. The summed E-state index contributed by atoms with van der Waals surface area (Å²) in [7, 11) is 3.42. The lowest BCUT2D eigenvalue weighted by Crippen LogP contribution is -1.96. The number of methoxy groups -OCH3 is 1. The Morgan fingerprint density at radius 2 is 2.17 bits per heavy atom. The Kier molecular flexibility index (Phi) is 3.26. The second-order valence-electron chi connectivity index (χ2n) is 3.97. The summed E-state index contributed by atoms with van der Waals surface area (Å²) in [5.74, 6) is 0.678. The molecule has 0 spiro atoms. The van der Waals surface area contributed by atoms with E-state index in [2.05, 4.69) is 11.1 Å². The maximum atomic E-state index is 9.08. The van der Waals surface area contributed by atoms with Gasteiger partial charge >= 0.3 is 0 Å². The first-order chi connectivity index (χ1) is 8.58. The molecule has 18 heavy (non-hydrogen) atoms. The van der Waals surface area contributed by atoms with E-state index in [4.69, 9.17) is 21.6 Å². The molecule has 0 aliphatic heterocycles. The molecule has 0 fully saturated rings. The zero-order valence-electron chi connectivity index (χ0n) is 10.4. The lowest BCUT2D eigenvalue weighted by atomic mass is 10.1. The average molecular weight is 262 g/mol. The fourth-order valence-corrected chi connectivity index (χ4v) is 2.00. The molecule has 2 aromatic rings. The van der Waals surface area contributed by atoms with E-state index in [1.54, 1.807) is 24.1 Å². The Morgan fingerprint density at radius 1 is 1.44 bits per heavy atom. The predicted octanol–water partition coefficient (Wildman–Crippen LogP) is 2.93. The van der Waals surface area contributed by atoms with E-state index in [-0.39, 0.29) is 0 Å². The second kappa shape index (κ2) is 4.71. The number of ether oxygens (including phenoxy) is 1. The van der Waals surface area contributed by atoms with E-state index in [1.165, 1.54) is 0 Å². The first-order valence-corrected chi connectivity index (χ1v) is 5.72. The summed E-state index contributed by atoms with van der Waals surface area (Å²) in [5, 5.41) is 9.72. The summed E-state index contributed by atoms with van der Waals surface area (Å²) in [6.45, 7) is 1.91. The molecule has 92 valence electrons. The van der Waals surface area contributed by atoms with Gasteiger partial charge in [-0.05, 0) is 24.6 Å². The van der Waals surface area contributed by atoms with Gasteiger partial charge < -0.3 is 9.30 Å². The van der Waals surface area contributed by atoms with Crippen LogP contribution in [0.1, 0.15) is 11.3 Å². The zero-order valence-corrected chi connectivity index (χ0v) is 11.1. The van der Waals surface area contributed by atoms with Crippen LogP contribution in [-0.4, -0.2) is 16.7 Å². The smallest absolute Gasteiger partial charge is 0.166 e. The number of imidazole rings is 1. The molecule has 5 heteroatoms. The number of nitriles is 1. The molecule has 0 amide bonds. The van der Waals surface area contributed by atoms with Crippen LogP contribution in [-0.2, 0) is 7.05 Å². The van der Waals surface area contributed by atoms with Crippen LogP contribution in [0.5, 0.6) is 5.75 Å². The van der Waals surface area contributed by atoms with Crippen LogP contribution in [0.15, 0.2) is 18.5 Å². The molecule has 0 saturated carbocycles. The maximum absolute atomic E-state index is 9.08. The summed E-state index contributed by atoms with van der Waals surface area (Å²) < 4.78 is 7.13. The topological polar surface area (TPSA) is 50.8 Å². The summed E-state index contributed by atoms with van der Waals surface area (Å²) >= 11 is 6.14. The Bertz CT molecular complexity index is 640. The molecular weight excluding hydrogens is 250 g/mol. The van der Waals surface area contributed by atoms with Gasteiger partial charge in [0.1, 0.15) is 11.8 Å². The maximum Gasteiger partial charge on any atom is 0.166 e. The van der Waals surface area contributed by atoms with Crippen molar-refractivity contribution in [1.82, 2.24) is 9.55 Å². The van der Waals surface area contributed by atoms with Crippen molar-refractivity contribution in [1.29, 1.82) is 5.26 Å². The highest BCUT2D eigenvalue weighted by molar-refractivity contribution is 6.31. The number of aromatic nitrogens is 2. The number of nitrogens with zero attached hydrogens (tertiary/aromatic N) is 3. The largest absolute Gasteiger partial charge is 0.496 e. The van der Waals surface area contributed by atoms with Crippen LogP contribution in [0, 0.1) is 18.3 Å². The Hall–Kier alpha value is -1.99. The van der Waals surface area contributed by atoms with Gasteiger partial charge in [-0.3, -0.25) is 0 Å². The molecule has 0 unspecified atom stereocenters. The summed E-state index contributed by atoms with van der Waals surface area (Å²) in [6, 6.07) is 5.72. The van der Waals surface area contributed by atoms with Crippen LogP contribution in [0.3, 0.4) is 0 Å². The molecular formula is C13H12ClN3O. The third-order valence-corrected chi connectivity index (χ3v) is 3.19. The van der Waals surface area contributed by atoms with Gasteiger partial charge in [-0.25, -0.2) is 4.98 Å². The van der Waals surface area contributed by atoms with Crippen LogP contribution in [0.2, 0.25) is 5.02 Å². The molecule has 0 saturated heterocycles. The van der Waals surface area contributed by atoms with Crippen LogP contribution in [0.25, 0.3) is 11.3 Å². The third kappa shape index (κ3) is 1.93. The Labute approximate surface area is 110 Å². The number of benzene rings is 1. The predicted molar refractivity (Wildman–Crippen MR) is 69.7 cm³/mol. The van der Waals surface area contributed by atoms with Gasteiger partial charge in [-0.2, -0.15) is 5.26 Å². The summed E-state index contributed by atoms with van der Waals surface area (Å²) in [6.07, 6.45) is 1.60. The fourth-order valence-electron chi connectivity index (χ4n) is 1.84. The highest BCUT2D eigenvalue weighted by atomic mass is 35.5. The zero-order chi connectivity index (χ0) is 13.3. The van der Waals surface area contributed by atoms with Gasteiger partial charge in [0.25, 0.3) is 0 Å². The van der Waals surface area contributed by atoms with Gasteiger partial charge in [-0.15, -0.1) is 0 Å². The summed E-state index contributed by atoms with van der Waals surface area (Å²) in [5.41, 5.74) is 2.76. The molecule has 0 N–H and O–H groups in total. The van der Waals surface area contributed by atoms with Crippen LogP contribution < -0.4 is 4.74 Å². The van der Waals surface area contributed by atoms with Crippen molar-refractivity contribution in [2.45, 2.75) is 6.92 Å². The van der Waals surface area contributed by atoms with Crippen molar-refractivity contribution >= 4 is 11.6 Å². The van der Waals surface area contributed by atoms with Crippen molar-refractivity contribution in [3.8, 4) is 23.1 Å². The molecule has 0 radical (unpaired) electrons. The monoisotopic (exact) mass is 261 g/mol. The minimum absolute atomic E-state index is 0.357. The van der Waals surface area contributed by atoms with Gasteiger partial charge in [0.15, 0.2) is 5.69 Å². The molecule has 0 bridgehead atoms. The second-order valence-corrected chi connectivity index (χ2v) is 4.37. The van der Waals surface area contributed by atoms with E-state index in [1.807, 2.05) is 20.0 Å². The van der Waals surface area contributed by atoms with Crippen LogP contribution >= 0.6 is 11.6 Å². The normalized spacial score (nSPS) is 10.2. The average Bonchev–Trinajstić information content (AvgIpc) is 2.73. The number of hydrogen-bond donors (Lipinski definition) is 0. The van der Waals surface area contributed by atoms with E-state index < -0.39 is 0 Å². The van der Waals surface area contributed by atoms with Crippen LogP contribution in [0.4, 0.5) is 0 Å². The Morgan fingerprint density at radius 3 is 2.78 bits per heavy atom. The summed E-state index contributed by atoms with van der Waals surface area (Å²) in [4.78, 5) is 4.04. The van der Waals surface area contributed by atoms with Crippen molar-refractivity contribution in [3.05, 3.63) is 34.7 Å². The van der Waals surface area contributed by atoms with Crippen molar-refractivity contribution < 1.29 is 4.74 Å². The molecule has 0 atom stereocenters. The van der Waals surface area contributed by atoms with Gasteiger partial charge in [-0.1, -0.05) is 11.6 Å². The molecule has 0 aliphatic rings. The van der Waals surface area contributed by atoms with Crippen molar-refractivity contribution in [2.24, 2.45) is 7.05 Å². The van der Waals surface area contributed by atoms with E-state index >= 15 is 0 Å². The number of aryl methyl sites for hydroxylation is 2. The lowest BCUT2D eigenvalue weighted by molar-refractivity contribution is 0.416. The standard InChI is InChI=1S/C13H12ClN3O/c1-8-4-12(18-3)9(5-10(8)14)13-11(6-15)16-7-17(13)2/h4-5,7H,1-3H3. The lowest BCUT2D eigenvalue weighted by Gasteiger charge is -2.11. The van der Waals surface area contributed by atoms with Gasteiger partial charge in [0, 0.05) is 17.6 Å². The minimum Gasteiger partial charge on any atom is -0.496 e. The van der Waals surface area contributed by atoms with Crippen molar-refractivity contribution in [2.75, 3.05) is 7.11 Å². The molecule has 0 aliphatic carbocycles.